The van der Waals surface area contributed by atoms with Crippen molar-refractivity contribution in [1.82, 2.24) is 10.3 Å². The summed E-state index contributed by atoms with van der Waals surface area (Å²) >= 11 is 18.6. The van der Waals surface area contributed by atoms with E-state index >= 15 is 0 Å². The van der Waals surface area contributed by atoms with Gasteiger partial charge in [0.05, 0.1) is 34.5 Å². The molecule has 0 spiro atoms. The van der Waals surface area contributed by atoms with Crippen LogP contribution in [0.1, 0.15) is 33.9 Å². The van der Waals surface area contributed by atoms with Crippen molar-refractivity contribution in [3.05, 3.63) is 100.0 Å². The molecule has 5 rings (SSSR count). The van der Waals surface area contributed by atoms with Crippen LogP contribution in [0, 0.1) is 0 Å². The lowest BCUT2D eigenvalue weighted by Crippen LogP contribution is -2.29. The Morgan fingerprint density at radius 1 is 1.11 bits per heavy atom. The maximum atomic E-state index is 11.5. The first-order valence-corrected chi connectivity index (χ1v) is 12.0. The number of carboxylic acids is 1. The molecular formula is C26H19Cl2N3O4S. The first-order valence-electron chi connectivity index (χ1n) is 10.8. The third kappa shape index (κ3) is 4.39. The second-order valence-corrected chi connectivity index (χ2v) is 9.22. The van der Waals surface area contributed by atoms with Gasteiger partial charge in [-0.05, 0) is 72.9 Å². The number of aromatic carboxylic acids is 1. The first kappa shape index (κ1) is 24.1. The number of rotatable bonds is 6. The van der Waals surface area contributed by atoms with Crippen molar-refractivity contribution in [2.24, 2.45) is 0 Å². The molecule has 7 nitrogen and oxygen atoms in total. The number of furan rings is 1. The number of anilines is 1. The van der Waals surface area contributed by atoms with E-state index in [0.29, 0.717) is 38.0 Å². The normalized spacial score (nSPS) is 17.2. The summed E-state index contributed by atoms with van der Waals surface area (Å²) in [6.45, 7) is 0. The number of carbonyl (C=O) groups is 1. The number of pyridine rings is 1. The minimum Gasteiger partial charge on any atom is -0.495 e. The largest absolute Gasteiger partial charge is 0.495 e. The van der Waals surface area contributed by atoms with E-state index in [2.05, 4.69) is 10.3 Å². The summed E-state index contributed by atoms with van der Waals surface area (Å²) in [5.74, 6) is 0.507. The summed E-state index contributed by atoms with van der Waals surface area (Å²) in [5.41, 5.74) is 2.10. The van der Waals surface area contributed by atoms with E-state index < -0.39 is 12.0 Å². The molecule has 2 aromatic heterocycles. The Kier molecular flexibility index (Phi) is 6.57. The van der Waals surface area contributed by atoms with E-state index in [9.17, 15) is 9.90 Å². The zero-order valence-electron chi connectivity index (χ0n) is 18.8. The highest BCUT2D eigenvalue weighted by atomic mass is 35.5. The number of nitrogens with zero attached hydrogens (tertiary/aromatic N) is 2. The van der Waals surface area contributed by atoms with Gasteiger partial charge in [0.1, 0.15) is 23.3 Å². The van der Waals surface area contributed by atoms with Gasteiger partial charge in [-0.25, -0.2) is 4.79 Å². The van der Waals surface area contributed by atoms with Crippen molar-refractivity contribution in [1.29, 1.82) is 0 Å². The predicted molar refractivity (Wildman–Crippen MR) is 142 cm³/mol. The first-order chi connectivity index (χ1) is 17.4. The van der Waals surface area contributed by atoms with Crippen molar-refractivity contribution < 1.29 is 19.1 Å². The Hall–Kier alpha value is -3.59. The quantitative estimate of drug-likeness (QED) is 0.267. The number of aromatic nitrogens is 1. The highest BCUT2D eigenvalue weighted by molar-refractivity contribution is 7.80. The third-order valence-corrected chi connectivity index (χ3v) is 6.85. The molecule has 182 valence electrons. The van der Waals surface area contributed by atoms with Gasteiger partial charge in [-0.3, -0.25) is 4.98 Å². The molecule has 0 amide bonds. The second-order valence-electron chi connectivity index (χ2n) is 8.02. The van der Waals surface area contributed by atoms with Crippen LogP contribution < -0.4 is 15.0 Å². The number of halogens is 2. The zero-order chi connectivity index (χ0) is 25.4. The van der Waals surface area contributed by atoms with Crippen LogP contribution in [-0.4, -0.2) is 28.3 Å². The SMILES string of the molecule is COc1ccc(N2C(=S)N[C@H](c3ccccn3)[C@@H]2c2ccc(-c3cc(C(=O)O)ccc3Cl)o2)cc1Cl. The van der Waals surface area contributed by atoms with Crippen LogP contribution in [0.3, 0.4) is 0 Å². The van der Waals surface area contributed by atoms with E-state index in [4.69, 9.17) is 44.6 Å². The maximum Gasteiger partial charge on any atom is 0.335 e. The van der Waals surface area contributed by atoms with E-state index in [0.717, 1.165) is 11.4 Å². The standard InChI is InChI=1S/C26H19Cl2N3O4S/c1-34-21-8-6-15(13-18(21)28)31-24(23(30-26(31)36)19-4-2-3-11-29-19)22-10-9-20(35-22)16-12-14(25(32)33)5-7-17(16)27/h2-13,23-24H,1H3,(H,30,36)(H,32,33)/t23-,24+/m1/s1. The Morgan fingerprint density at radius 3 is 2.64 bits per heavy atom. The summed E-state index contributed by atoms with van der Waals surface area (Å²) in [6.07, 6.45) is 1.72. The van der Waals surface area contributed by atoms with Gasteiger partial charge in [0.25, 0.3) is 0 Å². The molecule has 0 radical (unpaired) electrons. The Balaban J connectivity index is 1.61. The number of benzene rings is 2. The van der Waals surface area contributed by atoms with Gasteiger partial charge in [0.2, 0.25) is 0 Å². The number of methoxy groups -OCH3 is 1. The number of ether oxygens (including phenoxy) is 1. The van der Waals surface area contributed by atoms with Gasteiger partial charge in [-0.15, -0.1) is 0 Å². The zero-order valence-corrected chi connectivity index (χ0v) is 21.1. The average Bonchev–Trinajstić information content (AvgIpc) is 3.49. The fourth-order valence-electron chi connectivity index (χ4n) is 4.23. The van der Waals surface area contributed by atoms with Gasteiger partial charge in [0.15, 0.2) is 5.11 Å². The lowest BCUT2D eigenvalue weighted by atomic mass is 10.0. The summed E-state index contributed by atoms with van der Waals surface area (Å²) in [7, 11) is 1.55. The molecular weight excluding hydrogens is 521 g/mol. The summed E-state index contributed by atoms with van der Waals surface area (Å²) < 4.78 is 11.6. The Morgan fingerprint density at radius 2 is 1.94 bits per heavy atom. The molecule has 4 aromatic rings. The third-order valence-electron chi connectivity index (χ3n) is 5.91. The van der Waals surface area contributed by atoms with Crippen molar-refractivity contribution in [2.45, 2.75) is 12.1 Å². The van der Waals surface area contributed by atoms with Gasteiger partial charge >= 0.3 is 5.97 Å². The fourth-order valence-corrected chi connectivity index (χ4v) is 5.04. The molecule has 2 aromatic carbocycles. The Bertz CT molecular complexity index is 1460. The molecule has 10 heteroatoms. The monoisotopic (exact) mass is 539 g/mol. The second kappa shape index (κ2) is 9.81. The number of hydrogen-bond acceptors (Lipinski definition) is 5. The number of hydrogen-bond donors (Lipinski definition) is 2. The van der Waals surface area contributed by atoms with Crippen molar-refractivity contribution in [2.75, 3.05) is 12.0 Å². The van der Waals surface area contributed by atoms with Gasteiger partial charge < -0.3 is 24.5 Å². The molecule has 3 heterocycles. The highest BCUT2D eigenvalue weighted by Crippen LogP contribution is 2.44. The minimum atomic E-state index is -1.05. The van der Waals surface area contributed by atoms with Crippen LogP contribution in [0.15, 0.2) is 77.3 Å². The van der Waals surface area contributed by atoms with Crippen molar-refractivity contribution >= 4 is 52.2 Å². The number of thiocarbonyl (C=S) groups is 1. The lowest BCUT2D eigenvalue weighted by molar-refractivity contribution is 0.0697. The van der Waals surface area contributed by atoms with E-state index in [1.807, 2.05) is 35.2 Å². The molecule has 1 aliphatic rings. The van der Waals surface area contributed by atoms with Gasteiger partial charge in [-0.2, -0.15) is 0 Å². The van der Waals surface area contributed by atoms with Crippen LogP contribution in [0.5, 0.6) is 5.75 Å². The fraction of sp³-hybridized carbons (Fsp3) is 0.115. The number of carboxylic acid groups (broad SMARTS) is 1. The molecule has 0 bridgehead atoms. The molecule has 0 aliphatic carbocycles. The van der Waals surface area contributed by atoms with E-state index in [1.165, 1.54) is 18.2 Å². The highest BCUT2D eigenvalue weighted by Gasteiger charge is 2.42. The average molecular weight is 540 g/mol. The van der Waals surface area contributed by atoms with Gasteiger partial charge in [-0.1, -0.05) is 29.3 Å². The molecule has 0 saturated carbocycles. The smallest absolute Gasteiger partial charge is 0.335 e. The molecule has 1 fully saturated rings. The van der Waals surface area contributed by atoms with Crippen molar-refractivity contribution in [3.63, 3.8) is 0 Å². The summed E-state index contributed by atoms with van der Waals surface area (Å²) in [4.78, 5) is 17.9. The maximum absolute atomic E-state index is 11.5. The molecule has 2 atom stereocenters. The molecule has 36 heavy (non-hydrogen) atoms. The van der Waals surface area contributed by atoms with Crippen LogP contribution in [0.25, 0.3) is 11.3 Å². The summed E-state index contributed by atoms with van der Waals surface area (Å²) in [5, 5.41) is 14.1. The minimum absolute atomic E-state index is 0.108. The van der Waals surface area contributed by atoms with Crippen molar-refractivity contribution in [3.8, 4) is 17.1 Å². The van der Waals surface area contributed by atoms with Crippen LogP contribution >= 0.6 is 35.4 Å². The molecule has 2 N–H and O–H groups in total. The Labute approximate surface area is 222 Å². The molecule has 1 aliphatic heterocycles. The predicted octanol–water partition coefficient (Wildman–Crippen LogP) is 6.53. The van der Waals surface area contributed by atoms with E-state index in [1.54, 1.807) is 31.5 Å². The summed E-state index contributed by atoms with van der Waals surface area (Å²) in [6, 6.07) is 18.4. The molecule has 0 unspecified atom stereocenters. The lowest BCUT2D eigenvalue weighted by Gasteiger charge is -2.26. The van der Waals surface area contributed by atoms with Crippen LogP contribution in [0.4, 0.5) is 5.69 Å². The topological polar surface area (TPSA) is 87.8 Å². The van der Waals surface area contributed by atoms with E-state index in [-0.39, 0.29) is 11.6 Å². The number of nitrogens with one attached hydrogen (secondary N) is 1. The molecule has 1 saturated heterocycles. The van der Waals surface area contributed by atoms with Gasteiger partial charge in [0, 0.05) is 17.4 Å². The van der Waals surface area contributed by atoms with Crippen LogP contribution in [0.2, 0.25) is 10.0 Å². The van der Waals surface area contributed by atoms with Crippen LogP contribution in [-0.2, 0) is 0 Å².